The maximum absolute atomic E-state index is 12.4. The van der Waals surface area contributed by atoms with Crippen molar-refractivity contribution in [1.29, 1.82) is 0 Å². The number of hydrogen-bond acceptors (Lipinski definition) is 10. The summed E-state index contributed by atoms with van der Waals surface area (Å²) in [6.45, 7) is 0. The summed E-state index contributed by atoms with van der Waals surface area (Å²) < 4.78 is 10.9. The van der Waals surface area contributed by atoms with E-state index in [2.05, 4.69) is 10.6 Å². The summed E-state index contributed by atoms with van der Waals surface area (Å²) in [4.78, 5) is 46.7. The van der Waals surface area contributed by atoms with E-state index in [-0.39, 0.29) is 10.0 Å². The highest BCUT2D eigenvalue weighted by atomic mass is 32.1. The van der Waals surface area contributed by atoms with Gasteiger partial charge in [-0.1, -0.05) is 34.8 Å². The lowest BCUT2D eigenvalue weighted by atomic mass is 10.0. The van der Waals surface area contributed by atoms with Crippen LogP contribution in [0.5, 0.6) is 11.5 Å². The molecule has 2 heterocycles. The Hall–Kier alpha value is -5.34. The van der Waals surface area contributed by atoms with E-state index in [1.807, 2.05) is 0 Å². The normalized spacial score (nSPS) is 11.0. The number of nitrogens with one attached hydrogen (secondary N) is 2. The number of anilines is 2. The van der Waals surface area contributed by atoms with Gasteiger partial charge in [-0.05, 0) is 59.7 Å². The number of ether oxygens (including phenoxy) is 2. The summed E-state index contributed by atoms with van der Waals surface area (Å²) in [7, 11) is 2.94. The molecule has 14 heteroatoms. The number of nitrogens with zero attached hydrogens (tertiary/aromatic N) is 2. The number of thiophene rings is 2. The number of amides is 2. The van der Waals surface area contributed by atoms with Crippen LogP contribution in [0.3, 0.4) is 0 Å². The molecule has 2 amide bonds. The van der Waals surface area contributed by atoms with E-state index in [0.29, 0.717) is 32.6 Å². The van der Waals surface area contributed by atoms with Crippen LogP contribution in [0.2, 0.25) is 0 Å². The van der Waals surface area contributed by atoms with Gasteiger partial charge in [-0.3, -0.25) is 29.8 Å². The molecule has 4 aromatic rings. The first-order valence-electron chi connectivity index (χ1n) is 12.0. The zero-order valence-electron chi connectivity index (χ0n) is 22.1. The fourth-order valence-corrected chi connectivity index (χ4v) is 5.12. The van der Waals surface area contributed by atoms with Gasteiger partial charge < -0.3 is 20.1 Å². The van der Waals surface area contributed by atoms with Crippen molar-refractivity contribution in [1.82, 2.24) is 0 Å². The Morgan fingerprint density at radius 1 is 0.690 bits per heavy atom. The third-order valence-electron chi connectivity index (χ3n) is 5.64. The minimum atomic E-state index is -0.489. The van der Waals surface area contributed by atoms with E-state index >= 15 is 0 Å². The van der Waals surface area contributed by atoms with Crippen LogP contribution >= 0.6 is 22.7 Å². The summed E-state index contributed by atoms with van der Waals surface area (Å²) in [6.07, 6.45) is 5.54. The van der Waals surface area contributed by atoms with Gasteiger partial charge in [0.05, 0.1) is 35.4 Å². The van der Waals surface area contributed by atoms with Gasteiger partial charge in [-0.2, -0.15) is 0 Å². The number of hydrogen-bond donors (Lipinski definition) is 2. The third kappa shape index (κ3) is 7.44. The molecule has 0 saturated carbocycles. The molecule has 42 heavy (non-hydrogen) atoms. The van der Waals surface area contributed by atoms with Gasteiger partial charge in [-0.25, -0.2) is 0 Å². The quantitative estimate of drug-likeness (QED) is 0.109. The summed E-state index contributed by atoms with van der Waals surface area (Å²) in [6, 6.07) is 16.3. The fraction of sp³-hybridized carbons (Fsp3) is 0.0714. The van der Waals surface area contributed by atoms with E-state index in [4.69, 9.17) is 9.47 Å². The van der Waals surface area contributed by atoms with Crippen LogP contribution in [-0.2, 0) is 9.59 Å². The smallest absolute Gasteiger partial charge is 0.324 e. The maximum Gasteiger partial charge on any atom is 0.324 e. The molecule has 2 N–H and O–H groups in total. The molecule has 0 atom stereocenters. The minimum Gasteiger partial charge on any atom is -0.495 e. The summed E-state index contributed by atoms with van der Waals surface area (Å²) in [5, 5.41) is 27.1. The molecule has 2 aromatic carbocycles. The van der Waals surface area contributed by atoms with Gasteiger partial charge in [0.25, 0.3) is 0 Å². The van der Waals surface area contributed by atoms with Crippen LogP contribution in [0.4, 0.5) is 21.4 Å². The molecule has 0 spiro atoms. The maximum atomic E-state index is 12.4. The average molecular weight is 607 g/mol. The molecule has 0 aliphatic rings. The molecule has 12 nitrogen and oxygen atoms in total. The second-order valence-electron chi connectivity index (χ2n) is 8.34. The van der Waals surface area contributed by atoms with E-state index in [9.17, 15) is 29.8 Å². The Morgan fingerprint density at radius 3 is 1.43 bits per heavy atom. The average Bonchev–Trinajstić information content (AvgIpc) is 3.66. The van der Waals surface area contributed by atoms with E-state index in [0.717, 1.165) is 33.8 Å². The monoisotopic (exact) mass is 606 g/mol. The molecule has 0 aliphatic heterocycles. The van der Waals surface area contributed by atoms with Crippen LogP contribution in [0, 0.1) is 20.2 Å². The molecule has 0 unspecified atom stereocenters. The highest BCUT2D eigenvalue weighted by Crippen LogP contribution is 2.35. The topological polar surface area (TPSA) is 163 Å². The number of methoxy groups -OCH3 is 2. The Bertz CT molecular complexity index is 1600. The molecule has 0 fully saturated rings. The molecule has 0 radical (unpaired) electrons. The third-order valence-corrected chi connectivity index (χ3v) is 7.64. The molecular weight excluding hydrogens is 584 g/mol. The Balaban J connectivity index is 1.44. The van der Waals surface area contributed by atoms with Crippen LogP contribution in [-0.4, -0.2) is 35.9 Å². The molecule has 214 valence electrons. The lowest BCUT2D eigenvalue weighted by Gasteiger charge is -2.14. The lowest BCUT2D eigenvalue weighted by Crippen LogP contribution is -2.09. The first-order valence-corrected chi connectivity index (χ1v) is 13.6. The van der Waals surface area contributed by atoms with Crippen LogP contribution in [0.15, 0.2) is 72.8 Å². The van der Waals surface area contributed by atoms with Gasteiger partial charge >= 0.3 is 10.0 Å². The number of benzene rings is 2. The first-order chi connectivity index (χ1) is 20.2. The molecule has 0 saturated heterocycles. The fourth-order valence-electron chi connectivity index (χ4n) is 3.67. The van der Waals surface area contributed by atoms with Crippen molar-refractivity contribution in [3.05, 3.63) is 103 Å². The van der Waals surface area contributed by atoms with Crippen molar-refractivity contribution in [2.45, 2.75) is 0 Å². The van der Waals surface area contributed by atoms with Gasteiger partial charge in [-0.15, -0.1) is 0 Å². The number of nitro groups is 2. The molecular formula is C28H22N4O8S2. The predicted octanol–water partition coefficient (Wildman–Crippen LogP) is 6.61. The molecule has 2 aromatic heterocycles. The van der Waals surface area contributed by atoms with Crippen molar-refractivity contribution >= 4 is 68.0 Å². The van der Waals surface area contributed by atoms with E-state index in [1.54, 1.807) is 48.5 Å². The Labute approximate surface area is 246 Å². The van der Waals surface area contributed by atoms with Crippen LogP contribution in [0.25, 0.3) is 23.3 Å². The van der Waals surface area contributed by atoms with Crippen LogP contribution in [0.1, 0.15) is 9.75 Å². The standard InChI is InChI=1S/C28H22N4O8S2/c1-39-23-15-17(3-9-21(23)29-25(33)11-5-19-7-13-27(41-19)31(35)36)18-4-10-22(24(16-18)40-2)30-26(34)12-6-20-8-14-28(42-20)32(37)38/h3-16H,1-2H3,(H,29,33)(H,30,34)/b11-5+,12-6+. The zero-order valence-corrected chi connectivity index (χ0v) is 23.7. The number of rotatable bonds is 11. The molecule has 4 rings (SSSR count). The lowest BCUT2D eigenvalue weighted by molar-refractivity contribution is -0.380. The van der Waals surface area contributed by atoms with E-state index in [1.165, 1.54) is 50.7 Å². The molecule has 0 bridgehead atoms. The predicted molar refractivity (Wildman–Crippen MR) is 162 cm³/mol. The number of carbonyl (C=O) groups is 2. The highest BCUT2D eigenvalue weighted by molar-refractivity contribution is 7.16. The highest BCUT2D eigenvalue weighted by Gasteiger charge is 2.13. The van der Waals surface area contributed by atoms with E-state index < -0.39 is 21.7 Å². The first kappa shape index (κ1) is 29.6. The van der Waals surface area contributed by atoms with Crippen molar-refractivity contribution in [3.63, 3.8) is 0 Å². The van der Waals surface area contributed by atoms with Crippen LogP contribution < -0.4 is 20.1 Å². The van der Waals surface area contributed by atoms with Crippen molar-refractivity contribution < 1.29 is 28.9 Å². The minimum absolute atomic E-state index is 0.0135. The SMILES string of the molecule is COc1cc(-c2ccc(NC(=O)/C=C/c3ccc([N+](=O)[O-])s3)c(OC)c2)ccc1NC(=O)/C=C/c1ccc([N+](=O)[O-])s1. The summed E-state index contributed by atoms with van der Waals surface area (Å²) in [5.41, 5.74) is 2.35. The van der Waals surface area contributed by atoms with Crippen molar-refractivity contribution in [2.24, 2.45) is 0 Å². The summed E-state index contributed by atoms with van der Waals surface area (Å²) in [5.74, 6) is -0.0805. The van der Waals surface area contributed by atoms with Gasteiger partial charge in [0, 0.05) is 34.0 Å². The summed E-state index contributed by atoms with van der Waals surface area (Å²) >= 11 is 1.92. The number of carbonyl (C=O) groups excluding carboxylic acids is 2. The van der Waals surface area contributed by atoms with Gasteiger partial charge in [0.1, 0.15) is 11.5 Å². The second kappa shape index (κ2) is 13.3. The van der Waals surface area contributed by atoms with Crippen molar-refractivity contribution in [3.8, 4) is 22.6 Å². The Morgan fingerprint density at radius 2 is 1.10 bits per heavy atom. The van der Waals surface area contributed by atoms with Gasteiger partial charge in [0.15, 0.2) is 0 Å². The second-order valence-corrected chi connectivity index (χ2v) is 10.5. The Kier molecular flexibility index (Phi) is 9.42. The zero-order chi connectivity index (χ0) is 30.2. The molecule has 0 aliphatic carbocycles. The largest absolute Gasteiger partial charge is 0.495 e. The van der Waals surface area contributed by atoms with Gasteiger partial charge in [0.2, 0.25) is 11.8 Å². The van der Waals surface area contributed by atoms with Crippen molar-refractivity contribution in [2.75, 3.05) is 24.9 Å².